The molecule has 0 fully saturated rings. The quantitative estimate of drug-likeness (QED) is 0.429. The van der Waals surface area contributed by atoms with Gasteiger partial charge in [-0.2, -0.15) is 0 Å². The van der Waals surface area contributed by atoms with Crippen LogP contribution in [0.25, 0.3) is 27.8 Å². The van der Waals surface area contributed by atoms with Crippen LogP contribution in [-0.4, -0.2) is 0 Å². The van der Waals surface area contributed by atoms with Crippen LogP contribution in [0.3, 0.4) is 0 Å². The van der Waals surface area contributed by atoms with Crippen LogP contribution in [-0.2, 0) is 0 Å². The third-order valence-electron chi connectivity index (χ3n) is 4.32. The fraction of sp³-hybridized carbons (Fsp3) is 0.120. The molecule has 3 rings (SSSR count). The van der Waals surface area contributed by atoms with E-state index in [0.717, 1.165) is 6.42 Å². The van der Waals surface area contributed by atoms with Gasteiger partial charge in [0, 0.05) is 0 Å². The highest BCUT2D eigenvalue weighted by Crippen LogP contribution is 2.31. The minimum atomic E-state index is 1.04. The molecule has 0 saturated heterocycles. The number of benzene rings is 3. The van der Waals surface area contributed by atoms with E-state index in [2.05, 4.69) is 111 Å². The first kappa shape index (κ1) is 17.0. The first-order chi connectivity index (χ1) is 12.3. The van der Waals surface area contributed by atoms with Gasteiger partial charge >= 0.3 is 0 Å². The normalized spacial score (nSPS) is 11.8. The highest BCUT2D eigenvalue weighted by molar-refractivity contribution is 5.83. The zero-order valence-electron chi connectivity index (χ0n) is 14.9. The van der Waals surface area contributed by atoms with Gasteiger partial charge in [0.2, 0.25) is 0 Å². The second-order valence-corrected chi connectivity index (χ2v) is 6.09. The van der Waals surface area contributed by atoms with Crippen molar-refractivity contribution < 1.29 is 0 Å². The van der Waals surface area contributed by atoms with E-state index in [9.17, 15) is 0 Å². The molecule has 124 valence electrons. The molecule has 0 spiro atoms. The molecule has 3 aromatic carbocycles. The molecule has 0 saturated carbocycles. The summed E-state index contributed by atoms with van der Waals surface area (Å²) in [5.41, 5.74) is 7.51. The SMILES string of the molecule is CC=C(C=CCC)c1cc(-c2ccccc2)cc(-c2ccccc2)c1. The van der Waals surface area contributed by atoms with E-state index in [4.69, 9.17) is 0 Å². The van der Waals surface area contributed by atoms with Gasteiger partial charge in [-0.3, -0.25) is 0 Å². The smallest absolute Gasteiger partial charge is 0.0172 e. The third-order valence-corrected chi connectivity index (χ3v) is 4.32. The monoisotopic (exact) mass is 324 g/mol. The van der Waals surface area contributed by atoms with Crippen molar-refractivity contribution in [3.8, 4) is 22.3 Å². The van der Waals surface area contributed by atoms with E-state index in [1.165, 1.54) is 33.4 Å². The van der Waals surface area contributed by atoms with Gasteiger partial charge in [0.15, 0.2) is 0 Å². The summed E-state index contributed by atoms with van der Waals surface area (Å²) in [4.78, 5) is 0. The molecule has 25 heavy (non-hydrogen) atoms. The fourth-order valence-electron chi connectivity index (χ4n) is 2.99. The topological polar surface area (TPSA) is 0 Å². The molecular weight excluding hydrogens is 300 g/mol. The van der Waals surface area contributed by atoms with Crippen LogP contribution in [0.4, 0.5) is 0 Å². The van der Waals surface area contributed by atoms with E-state index >= 15 is 0 Å². The van der Waals surface area contributed by atoms with Crippen LogP contribution in [0.15, 0.2) is 97.1 Å². The molecule has 0 aliphatic carbocycles. The van der Waals surface area contributed by atoms with Gasteiger partial charge in [-0.1, -0.05) is 85.8 Å². The van der Waals surface area contributed by atoms with E-state index in [1.54, 1.807) is 0 Å². The minimum absolute atomic E-state index is 1.04. The number of hydrogen-bond donors (Lipinski definition) is 0. The van der Waals surface area contributed by atoms with Gasteiger partial charge in [0.05, 0.1) is 0 Å². The van der Waals surface area contributed by atoms with Gasteiger partial charge in [-0.25, -0.2) is 0 Å². The predicted octanol–water partition coefficient (Wildman–Crippen LogP) is 7.39. The molecule has 0 nitrogen and oxygen atoms in total. The van der Waals surface area contributed by atoms with Crippen molar-refractivity contribution in [1.29, 1.82) is 0 Å². The first-order valence-corrected chi connectivity index (χ1v) is 8.91. The maximum absolute atomic E-state index is 2.29. The Morgan fingerprint density at radius 2 is 1.24 bits per heavy atom. The Kier molecular flexibility index (Phi) is 5.64. The highest BCUT2D eigenvalue weighted by atomic mass is 14.1. The molecule has 0 amide bonds. The maximum Gasteiger partial charge on any atom is -0.0172 e. The summed E-state index contributed by atoms with van der Waals surface area (Å²) < 4.78 is 0. The lowest BCUT2D eigenvalue weighted by Crippen LogP contribution is -1.88. The Morgan fingerprint density at radius 1 is 0.720 bits per heavy atom. The first-order valence-electron chi connectivity index (χ1n) is 8.91. The average Bonchev–Trinajstić information content (AvgIpc) is 2.70. The maximum atomic E-state index is 2.29. The van der Waals surface area contributed by atoms with Crippen LogP contribution >= 0.6 is 0 Å². The van der Waals surface area contributed by atoms with Gasteiger partial charge < -0.3 is 0 Å². The summed E-state index contributed by atoms with van der Waals surface area (Å²) in [5.74, 6) is 0. The molecule has 0 aromatic heterocycles. The van der Waals surface area contributed by atoms with Crippen LogP contribution in [0.2, 0.25) is 0 Å². The van der Waals surface area contributed by atoms with E-state index in [0.29, 0.717) is 0 Å². The number of rotatable bonds is 5. The summed E-state index contributed by atoms with van der Waals surface area (Å²) in [5, 5.41) is 0. The minimum Gasteiger partial charge on any atom is -0.0842 e. The van der Waals surface area contributed by atoms with Crippen LogP contribution in [0, 0.1) is 0 Å². The van der Waals surface area contributed by atoms with Crippen molar-refractivity contribution in [3.05, 3.63) is 103 Å². The zero-order chi connectivity index (χ0) is 17.5. The van der Waals surface area contributed by atoms with E-state index in [1.807, 2.05) is 0 Å². The predicted molar refractivity (Wildman–Crippen MR) is 110 cm³/mol. The van der Waals surface area contributed by atoms with Crippen molar-refractivity contribution in [3.63, 3.8) is 0 Å². The van der Waals surface area contributed by atoms with Crippen molar-refractivity contribution in [1.82, 2.24) is 0 Å². The zero-order valence-corrected chi connectivity index (χ0v) is 14.9. The van der Waals surface area contributed by atoms with Gasteiger partial charge in [0.1, 0.15) is 0 Å². The molecular formula is C25H24. The van der Waals surface area contributed by atoms with Crippen LogP contribution in [0.5, 0.6) is 0 Å². The molecule has 0 N–H and O–H groups in total. The summed E-state index contributed by atoms with van der Waals surface area (Å²) in [6, 6.07) is 28.1. The third kappa shape index (κ3) is 4.16. The molecule has 3 aromatic rings. The molecule has 0 atom stereocenters. The summed E-state index contributed by atoms with van der Waals surface area (Å²) in [7, 11) is 0. The number of allylic oxidation sites excluding steroid dienone is 4. The van der Waals surface area contributed by atoms with Gasteiger partial charge in [0.25, 0.3) is 0 Å². The van der Waals surface area contributed by atoms with E-state index < -0.39 is 0 Å². The van der Waals surface area contributed by atoms with Crippen molar-refractivity contribution in [2.24, 2.45) is 0 Å². The highest BCUT2D eigenvalue weighted by Gasteiger charge is 2.07. The standard InChI is InChI=1S/C25H24/c1-3-5-12-20(4-2)23-17-24(21-13-8-6-9-14-21)19-25(18-23)22-15-10-7-11-16-22/h4-19H,3H2,1-2H3. The molecule has 0 heterocycles. The lowest BCUT2D eigenvalue weighted by molar-refractivity contribution is 1.22. The van der Waals surface area contributed by atoms with Gasteiger partial charge in [-0.05, 0) is 64.9 Å². The Balaban J connectivity index is 2.16. The van der Waals surface area contributed by atoms with Crippen LogP contribution in [0.1, 0.15) is 25.8 Å². The fourth-order valence-corrected chi connectivity index (χ4v) is 2.99. The van der Waals surface area contributed by atoms with E-state index in [-0.39, 0.29) is 0 Å². The second kappa shape index (κ2) is 8.30. The Labute approximate surface area is 151 Å². The molecule has 0 unspecified atom stereocenters. The summed E-state index contributed by atoms with van der Waals surface area (Å²) >= 11 is 0. The average molecular weight is 324 g/mol. The molecule has 0 aliphatic heterocycles. The van der Waals surface area contributed by atoms with Crippen molar-refractivity contribution >= 4 is 5.57 Å². The van der Waals surface area contributed by atoms with Gasteiger partial charge in [-0.15, -0.1) is 0 Å². The van der Waals surface area contributed by atoms with Crippen molar-refractivity contribution in [2.45, 2.75) is 20.3 Å². The second-order valence-electron chi connectivity index (χ2n) is 6.09. The Morgan fingerprint density at radius 3 is 1.68 bits per heavy atom. The molecule has 0 radical (unpaired) electrons. The molecule has 0 aliphatic rings. The Hall–Kier alpha value is -2.86. The van der Waals surface area contributed by atoms with Crippen molar-refractivity contribution in [2.75, 3.05) is 0 Å². The lowest BCUT2D eigenvalue weighted by atomic mass is 9.93. The largest absolute Gasteiger partial charge is 0.0842 e. The summed E-state index contributed by atoms with van der Waals surface area (Å²) in [6.45, 7) is 4.27. The Bertz CT molecular complexity index is 811. The molecule has 0 bridgehead atoms. The van der Waals surface area contributed by atoms with Crippen LogP contribution < -0.4 is 0 Å². The summed E-state index contributed by atoms with van der Waals surface area (Å²) in [6.07, 6.45) is 7.66. The number of hydrogen-bond acceptors (Lipinski definition) is 0. The molecule has 0 heteroatoms. The lowest BCUT2D eigenvalue weighted by Gasteiger charge is -2.12.